The summed E-state index contributed by atoms with van der Waals surface area (Å²) < 4.78 is 45.5. The third kappa shape index (κ3) is 4.53. The lowest BCUT2D eigenvalue weighted by atomic mass is 9.91. The quantitative estimate of drug-likeness (QED) is 0.787. The summed E-state index contributed by atoms with van der Waals surface area (Å²) in [5, 5.41) is 14.2. The van der Waals surface area contributed by atoms with Gasteiger partial charge >= 0.3 is 6.18 Å². The minimum atomic E-state index is -4.48. The summed E-state index contributed by atoms with van der Waals surface area (Å²) in [6, 6.07) is 2.72. The van der Waals surface area contributed by atoms with Gasteiger partial charge in [-0.3, -0.25) is 9.97 Å². The Kier molecular flexibility index (Phi) is 5.87. The van der Waals surface area contributed by atoms with Crippen molar-refractivity contribution < 1.29 is 23.0 Å². The summed E-state index contributed by atoms with van der Waals surface area (Å²) >= 11 is 0. The first-order chi connectivity index (χ1) is 14.3. The Balaban J connectivity index is 1.55. The number of fused-ring (bicyclic) bond motifs is 1. The van der Waals surface area contributed by atoms with Crippen LogP contribution in [0.15, 0.2) is 24.5 Å². The van der Waals surface area contributed by atoms with Gasteiger partial charge in [0, 0.05) is 64.1 Å². The van der Waals surface area contributed by atoms with Crippen LogP contribution in [0.3, 0.4) is 0 Å². The van der Waals surface area contributed by atoms with Gasteiger partial charge in [0.1, 0.15) is 11.0 Å². The van der Waals surface area contributed by atoms with Gasteiger partial charge in [0.05, 0.1) is 16.9 Å². The Hall–Kier alpha value is -1.97. The third-order valence-electron chi connectivity index (χ3n) is 6.05. The molecule has 1 aromatic heterocycles. The van der Waals surface area contributed by atoms with Crippen molar-refractivity contribution >= 4 is 16.7 Å². The first-order valence-electron chi connectivity index (χ1n) is 10.3. The van der Waals surface area contributed by atoms with E-state index in [9.17, 15) is 18.3 Å². The fraction of sp³-hybridized carbons (Fsp3) is 0.619. The van der Waals surface area contributed by atoms with E-state index in [-0.39, 0.29) is 17.1 Å². The van der Waals surface area contributed by atoms with E-state index in [0.29, 0.717) is 50.8 Å². The molecule has 1 aromatic carbocycles. The van der Waals surface area contributed by atoms with Crippen LogP contribution >= 0.6 is 0 Å². The Morgan fingerprint density at radius 3 is 2.57 bits per heavy atom. The molecule has 0 amide bonds. The standard InChI is InChI=1S/C21H27F3N4O2/c1-14-10-15(27-13-20(29)4-8-30-9-5-20)12-28(11-14)17-3-2-16(21(22,23)24)18-19(17)26-7-6-25-18/h2-3,6-7,14-15,27,29H,4-5,8-13H2,1H3. The number of nitrogens with one attached hydrogen (secondary N) is 1. The third-order valence-corrected chi connectivity index (χ3v) is 6.05. The number of rotatable bonds is 4. The van der Waals surface area contributed by atoms with Crippen molar-refractivity contribution in [3.05, 3.63) is 30.1 Å². The van der Waals surface area contributed by atoms with Crippen LogP contribution in [0.2, 0.25) is 0 Å². The van der Waals surface area contributed by atoms with Gasteiger partial charge in [-0.1, -0.05) is 6.92 Å². The van der Waals surface area contributed by atoms with Crippen molar-refractivity contribution in [3.8, 4) is 0 Å². The zero-order valence-corrected chi connectivity index (χ0v) is 17.0. The minimum absolute atomic E-state index is 0.120. The van der Waals surface area contributed by atoms with Crippen LogP contribution in [0, 0.1) is 5.92 Å². The highest BCUT2D eigenvalue weighted by Crippen LogP contribution is 2.37. The van der Waals surface area contributed by atoms with Crippen LogP contribution in [-0.2, 0) is 10.9 Å². The Morgan fingerprint density at radius 1 is 1.17 bits per heavy atom. The van der Waals surface area contributed by atoms with Gasteiger partial charge in [-0.15, -0.1) is 0 Å². The molecule has 0 radical (unpaired) electrons. The number of benzene rings is 1. The van der Waals surface area contributed by atoms with E-state index < -0.39 is 17.3 Å². The highest BCUT2D eigenvalue weighted by molar-refractivity contribution is 5.90. The topological polar surface area (TPSA) is 70.5 Å². The first-order valence-corrected chi connectivity index (χ1v) is 10.3. The molecular formula is C21H27F3N4O2. The summed E-state index contributed by atoms with van der Waals surface area (Å²) in [4.78, 5) is 10.3. The van der Waals surface area contributed by atoms with Gasteiger partial charge < -0.3 is 20.1 Å². The van der Waals surface area contributed by atoms with Crippen molar-refractivity contribution in [2.75, 3.05) is 37.7 Å². The predicted molar refractivity (Wildman–Crippen MR) is 107 cm³/mol. The molecule has 2 aromatic rings. The zero-order valence-electron chi connectivity index (χ0n) is 17.0. The number of aromatic nitrogens is 2. The molecular weight excluding hydrogens is 397 g/mol. The molecule has 2 aliphatic heterocycles. The van der Waals surface area contributed by atoms with Crippen LogP contribution in [0.4, 0.5) is 18.9 Å². The van der Waals surface area contributed by atoms with Crippen LogP contribution in [-0.4, -0.2) is 59.6 Å². The molecule has 9 heteroatoms. The number of halogens is 3. The minimum Gasteiger partial charge on any atom is -0.388 e. The molecule has 2 atom stereocenters. The van der Waals surface area contributed by atoms with Gasteiger partial charge in [0.25, 0.3) is 0 Å². The van der Waals surface area contributed by atoms with E-state index in [4.69, 9.17) is 4.74 Å². The molecule has 4 rings (SSSR count). The van der Waals surface area contributed by atoms with E-state index in [2.05, 4.69) is 27.1 Å². The van der Waals surface area contributed by atoms with E-state index >= 15 is 0 Å². The van der Waals surface area contributed by atoms with Gasteiger partial charge in [-0.05, 0) is 24.5 Å². The van der Waals surface area contributed by atoms with Gasteiger partial charge in [0.2, 0.25) is 0 Å². The molecule has 2 fully saturated rings. The summed E-state index contributed by atoms with van der Waals surface area (Å²) in [6.45, 7) is 5.08. The summed E-state index contributed by atoms with van der Waals surface area (Å²) in [7, 11) is 0. The Labute approximate surface area is 173 Å². The molecule has 6 nitrogen and oxygen atoms in total. The highest BCUT2D eigenvalue weighted by Gasteiger charge is 2.36. The zero-order chi connectivity index (χ0) is 21.4. The molecule has 2 unspecified atom stereocenters. The normalized spacial score (nSPS) is 24.9. The van der Waals surface area contributed by atoms with Crippen molar-refractivity contribution in [2.45, 2.75) is 44.0 Å². The fourth-order valence-corrected chi connectivity index (χ4v) is 4.49. The maximum atomic E-state index is 13.4. The van der Waals surface area contributed by atoms with Gasteiger partial charge in [-0.25, -0.2) is 0 Å². The fourth-order valence-electron chi connectivity index (χ4n) is 4.49. The largest absolute Gasteiger partial charge is 0.418 e. The van der Waals surface area contributed by atoms with Crippen molar-refractivity contribution in [3.63, 3.8) is 0 Å². The van der Waals surface area contributed by atoms with Crippen LogP contribution in [0.1, 0.15) is 31.7 Å². The number of hydrogen-bond donors (Lipinski definition) is 2. The Bertz CT molecular complexity index is 886. The smallest absolute Gasteiger partial charge is 0.388 e. The van der Waals surface area contributed by atoms with Crippen LogP contribution in [0.25, 0.3) is 11.0 Å². The van der Waals surface area contributed by atoms with E-state index in [1.54, 1.807) is 0 Å². The maximum Gasteiger partial charge on any atom is 0.418 e. The van der Waals surface area contributed by atoms with Crippen molar-refractivity contribution in [2.24, 2.45) is 5.92 Å². The molecule has 2 aliphatic rings. The number of ether oxygens (including phenoxy) is 1. The monoisotopic (exact) mass is 424 g/mol. The van der Waals surface area contributed by atoms with Gasteiger partial charge in [-0.2, -0.15) is 13.2 Å². The first kappa shape index (κ1) is 21.3. The molecule has 0 saturated carbocycles. The van der Waals surface area contributed by atoms with Crippen LogP contribution in [0.5, 0.6) is 0 Å². The average Bonchev–Trinajstić information content (AvgIpc) is 2.71. The molecule has 164 valence electrons. The lowest BCUT2D eigenvalue weighted by molar-refractivity contribution is -0.136. The molecule has 3 heterocycles. The SMILES string of the molecule is CC1CC(NCC2(O)CCOCC2)CN(c2ccc(C(F)(F)F)c3nccnc23)C1. The molecule has 0 bridgehead atoms. The number of hydrogen-bond acceptors (Lipinski definition) is 6. The molecule has 2 saturated heterocycles. The molecule has 30 heavy (non-hydrogen) atoms. The predicted octanol–water partition coefficient (Wildman–Crippen LogP) is 2.99. The highest BCUT2D eigenvalue weighted by atomic mass is 19.4. The number of aliphatic hydroxyl groups is 1. The maximum absolute atomic E-state index is 13.4. The molecule has 0 spiro atoms. The van der Waals surface area contributed by atoms with Crippen molar-refractivity contribution in [1.29, 1.82) is 0 Å². The number of anilines is 1. The summed E-state index contributed by atoms with van der Waals surface area (Å²) in [6.07, 6.45) is 0.379. The Morgan fingerprint density at radius 2 is 1.87 bits per heavy atom. The molecule has 0 aliphatic carbocycles. The van der Waals surface area contributed by atoms with Crippen molar-refractivity contribution in [1.82, 2.24) is 15.3 Å². The number of nitrogens with zero attached hydrogens (tertiary/aromatic N) is 3. The summed E-state index contributed by atoms with van der Waals surface area (Å²) in [5.74, 6) is 0.342. The van der Waals surface area contributed by atoms with Gasteiger partial charge in [0.15, 0.2) is 0 Å². The average molecular weight is 424 g/mol. The summed E-state index contributed by atoms with van der Waals surface area (Å²) in [5.41, 5.74) is -0.730. The van der Waals surface area contributed by atoms with E-state index in [1.807, 2.05) is 0 Å². The number of alkyl halides is 3. The van der Waals surface area contributed by atoms with E-state index in [1.165, 1.54) is 18.5 Å². The van der Waals surface area contributed by atoms with E-state index in [0.717, 1.165) is 19.0 Å². The lowest BCUT2D eigenvalue weighted by Crippen LogP contribution is -2.54. The second-order valence-electron chi connectivity index (χ2n) is 8.54. The molecule has 2 N–H and O–H groups in total. The lowest BCUT2D eigenvalue weighted by Gasteiger charge is -2.40. The second-order valence-corrected chi connectivity index (χ2v) is 8.54. The second kappa shape index (κ2) is 8.28. The number of piperidine rings is 1. The van der Waals surface area contributed by atoms with Crippen LogP contribution < -0.4 is 10.2 Å².